The van der Waals surface area contributed by atoms with Crippen LogP contribution in [0.3, 0.4) is 0 Å². The molecule has 144 valence electrons. The molecule has 0 unspecified atom stereocenters. The van der Waals surface area contributed by atoms with Gasteiger partial charge in [-0.25, -0.2) is 4.98 Å². The fraction of sp³-hybridized carbons (Fsp3) is 0.240. The van der Waals surface area contributed by atoms with Crippen LogP contribution in [-0.4, -0.2) is 22.5 Å². The van der Waals surface area contributed by atoms with Crippen LogP contribution in [-0.2, 0) is 10.9 Å². The summed E-state index contributed by atoms with van der Waals surface area (Å²) in [6.45, 7) is 7.59. The largest absolute Gasteiger partial charge is 0.386 e. The predicted molar refractivity (Wildman–Crippen MR) is 121 cm³/mol. The minimum absolute atomic E-state index is 0.601. The zero-order valence-electron chi connectivity index (χ0n) is 17.3. The molecule has 0 atom stereocenters. The fourth-order valence-corrected chi connectivity index (χ4v) is 3.83. The van der Waals surface area contributed by atoms with E-state index in [4.69, 9.17) is 12.8 Å². The molecule has 0 aliphatic rings. The molecule has 4 heteroatoms. The van der Waals surface area contributed by atoms with E-state index in [1.165, 1.54) is 0 Å². The van der Waals surface area contributed by atoms with Gasteiger partial charge in [-0.2, -0.15) is 0 Å². The topological polar surface area (TPSA) is 38.0 Å². The summed E-state index contributed by atoms with van der Waals surface area (Å²) in [5, 5.41) is 10.4. The molecule has 0 aliphatic heterocycles. The van der Waals surface area contributed by atoms with Crippen LogP contribution in [0, 0.1) is 0 Å². The Morgan fingerprint density at radius 1 is 0.793 bits per heavy atom. The predicted octanol–water partition coefficient (Wildman–Crippen LogP) is 5.32. The molecular weight excluding hydrogens is 355 g/mol. The molecular formula is C25H25BN2O. The van der Waals surface area contributed by atoms with Crippen LogP contribution in [0.2, 0.25) is 0 Å². The number of benzene rings is 3. The molecule has 4 rings (SSSR count). The van der Waals surface area contributed by atoms with Gasteiger partial charge >= 0.3 is 0 Å². The molecule has 0 amide bonds. The minimum atomic E-state index is -1.05. The Morgan fingerprint density at radius 2 is 1.41 bits per heavy atom. The van der Waals surface area contributed by atoms with E-state index in [1.54, 1.807) is 13.8 Å². The SMILES string of the molecule is [B]C(C)(C)c1cccc(C(C)(C)O)c1-n1c(-c2ccccc2)nc2ccccc21. The zero-order chi connectivity index (χ0) is 20.8. The summed E-state index contributed by atoms with van der Waals surface area (Å²) in [5.41, 5.74) is 4.50. The monoisotopic (exact) mass is 380 g/mol. The summed E-state index contributed by atoms with van der Waals surface area (Å²) >= 11 is 0. The second-order valence-electron chi connectivity index (χ2n) is 8.61. The van der Waals surface area contributed by atoms with E-state index in [9.17, 15) is 5.11 Å². The number of aromatic nitrogens is 2. The van der Waals surface area contributed by atoms with Gasteiger partial charge in [-0.1, -0.05) is 74.5 Å². The zero-order valence-corrected chi connectivity index (χ0v) is 17.3. The van der Waals surface area contributed by atoms with Gasteiger partial charge in [-0.05, 0) is 36.9 Å². The fourth-order valence-electron chi connectivity index (χ4n) is 3.83. The van der Waals surface area contributed by atoms with E-state index in [0.717, 1.165) is 39.2 Å². The summed E-state index contributed by atoms with van der Waals surface area (Å²) < 4.78 is 2.14. The third-order valence-electron chi connectivity index (χ3n) is 5.21. The Bertz CT molecular complexity index is 1130. The second-order valence-corrected chi connectivity index (χ2v) is 8.61. The number of hydrogen-bond acceptors (Lipinski definition) is 2. The van der Waals surface area contributed by atoms with Gasteiger partial charge in [-0.3, -0.25) is 4.57 Å². The summed E-state index contributed by atoms with van der Waals surface area (Å²) in [6, 6.07) is 24.2. The highest BCUT2D eigenvalue weighted by atomic mass is 16.3. The van der Waals surface area contributed by atoms with E-state index in [-0.39, 0.29) is 0 Å². The molecule has 1 aromatic heterocycles. The Balaban J connectivity index is 2.19. The number of aliphatic hydroxyl groups is 1. The molecule has 0 saturated heterocycles. The highest BCUT2D eigenvalue weighted by molar-refractivity contribution is 6.15. The van der Waals surface area contributed by atoms with Crippen LogP contribution in [0.1, 0.15) is 38.8 Å². The molecule has 0 aliphatic carbocycles. The lowest BCUT2D eigenvalue weighted by molar-refractivity contribution is 0.0785. The van der Waals surface area contributed by atoms with Gasteiger partial charge in [0, 0.05) is 11.1 Å². The molecule has 0 bridgehead atoms. The Hall–Kier alpha value is -2.85. The van der Waals surface area contributed by atoms with E-state index in [2.05, 4.69) is 22.8 Å². The van der Waals surface area contributed by atoms with Crippen molar-refractivity contribution in [2.24, 2.45) is 0 Å². The average molecular weight is 380 g/mol. The van der Waals surface area contributed by atoms with Crippen LogP contribution in [0.15, 0.2) is 72.8 Å². The number of rotatable bonds is 4. The Labute approximate surface area is 173 Å². The summed E-state index contributed by atoms with van der Waals surface area (Å²) in [5.74, 6) is 0.828. The normalized spacial score (nSPS) is 12.4. The van der Waals surface area contributed by atoms with Crippen molar-refractivity contribution in [1.82, 2.24) is 9.55 Å². The van der Waals surface area contributed by atoms with Gasteiger partial charge in [0.25, 0.3) is 0 Å². The van der Waals surface area contributed by atoms with Crippen LogP contribution < -0.4 is 0 Å². The van der Waals surface area contributed by atoms with Gasteiger partial charge in [0.2, 0.25) is 0 Å². The van der Waals surface area contributed by atoms with Crippen molar-refractivity contribution >= 4 is 18.9 Å². The maximum Gasteiger partial charge on any atom is 0.145 e. The van der Waals surface area contributed by atoms with Crippen molar-refractivity contribution in [3.63, 3.8) is 0 Å². The van der Waals surface area contributed by atoms with Crippen molar-refractivity contribution in [2.45, 2.75) is 38.6 Å². The quantitative estimate of drug-likeness (QED) is 0.487. The minimum Gasteiger partial charge on any atom is -0.386 e. The van der Waals surface area contributed by atoms with E-state index < -0.39 is 10.9 Å². The summed E-state index contributed by atoms with van der Waals surface area (Å²) in [4.78, 5) is 4.95. The smallest absolute Gasteiger partial charge is 0.145 e. The lowest BCUT2D eigenvalue weighted by Crippen LogP contribution is -2.25. The van der Waals surface area contributed by atoms with Gasteiger partial charge in [-0.15, -0.1) is 0 Å². The van der Waals surface area contributed by atoms with Crippen LogP contribution in [0.5, 0.6) is 0 Å². The first-order valence-electron chi connectivity index (χ1n) is 9.86. The Morgan fingerprint density at radius 3 is 2.07 bits per heavy atom. The number of imidazole rings is 1. The molecule has 0 fully saturated rings. The highest BCUT2D eigenvalue weighted by Gasteiger charge is 2.29. The standard InChI is InChI=1S/C25H25BN2O/c1-24(2,26)18-13-10-14-19(25(3,4)29)22(18)28-21-16-9-8-15-20(21)27-23(28)17-11-6-5-7-12-17/h5-16,29H,1-4H3. The van der Waals surface area contributed by atoms with Gasteiger partial charge in [0.1, 0.15) is 5.82 Å². The van der Waals surface area contributed by atoms with E-state index >= 15 is 0 Å². The lowest BCUT2D eigenvalue weighted by Gasteiger charge is -2.30. The molecule has 0 spiro atoms. The van der Waals surface area contributed by atoms with Crippen molar-refractivity contribution in [1.29, 1.82) is 0 Å². The highest BCUT2D eigenvalue weighted by Crippen LogP contribution is 2.39. The van der Waals surface area contributed by atoms with Gasteiger partial charge < -0.3 is 5.11 Å². The maximum absolute atomic E-state index is 11.0. The molecule has 3 nitrogen and oxygen atoms in total. The third kappa shape index (κ3) is 3.49. The Kier molecular flexibility index (Phi) is 4.63. The molecule has 29 heavy (non-hydrogen) atoms. The molecule has 1 heterocycles. The summed E-state index contributed by atoms with van der Waals surface area (Å²) in [6.07, 6.45) is 0. The van der Waals surface area contributed by atoms with Crippen molar-refractivity contribution in [3.8, 4) is 17.1 Å². The van der Waals surface area contributed by atoms with Gasteiger partial charge in [0.05, 0.1) is 30.2 Å². The lowest BCUT2D eigenvalue weighted by atomic mass is 9.66. The molecule has 2 radical (unpaired) electrons. The van der Waals surface area contributed by atoms with Crippen molar-refractivity contribution < 1.29 is 5.11 Å². The van der Waals surface area contributed by atoms with Crippen molar-refractivity contribution in [2.75, 3.05) is 0 Å². The van der Waals surface area contributed by atoms with Crippen molar-refractivity contribution in [3.05, 3.63) is 83.9 Å². The molecule has 4 aromatic rings. The average Bonchev–Trinajstić information content (AvgIpc) is 3.06. The molecule has 0 saturated carbocycles. The van der Waals surface area contributed by atoms with Crippen LogP contribution in [0.25, 0.3) is 28.1 Å². The van der Waals surface area contributed by atoms with Crippen LogP contribution in [0.4, 0.5) is 0 Å². The first-order chi connectivity index (χ1) is 13.7. The number of nitrogens with zero attached hydrogens (tertiary/aromatic N) is 2. The second kappa shape index (κ2) is 6.89. The third-order valence-corrected chi connectivity index (χ3v) is 5.21. The number of hydrogen-bond donors (Lipinski definition) is 1. The van der Waals surface area contributed by atoms with Crippen LogP contribution >= 0.6 is 0 Å². The maximum atomic E-state index is 11.0. The first-order valence-corrected chi connectivity index (χ1v) is 9.86. The van der Waals surface area contributed by atoms with E-state index in [0.29, 0.717) is 0 Å². The number of fused-ring (bicyclic) bond motifs is 1. The molecule has 1 N–H and O–H groups in total. The molecule has 3 aromatic carbocycles. The van der Waals surface area contributed by atoms with Gasteiger partial charge in [0.15, 0.2) is 0 Å². The number of para-hydroxylation sites is 3. The first kappa shape index (κ1) is 19.5. The summed E-state index contributed by atoms with van der Waals surface area (Å²) in [7, 11) is 6.59. The van der Waals surface area contributed by atoms with E-state index in [1.807, 2.05) is 68.4 Å².